The number of amides is 2. The number of carbonyl (C=O) groups excluding carboxylic acids is 2. The Morgan fingerprint density at radius 2 is 1.72 bits per heavy atom. The van der Waals surface area contributed by atoms with Gasteiger partial charge in [0.2, 0.25) is 5.91 Å². The van der Waals surface area contributed by atoms with E-state index < -0.39 is 17.3 Å². The van der Waals surface area contributed by atoms with Gasteiger partial charge in [-0.05, 0) is 125 Å². The fraction of sp³-hybridized carbons (Fsp3) is 0.595. The zero-order chi connectivity index (χ0) is 37.9. The molecule has 2 saturated carbocycles. The van der Waals surface area contributed by atoms with Crippen LogP contribution in [0.4, 0.5) is 9.18 Å². The largest absolute Gasteiger partial charge is 0.481 e. The van der Waals surface area contributed by atoms with Crippen LogP contribution in [-0.2, 0) is 37.3 Å². The fourth-order valence-electron chi connectivity index (χ4n) is 9.21. The number of carbonyl (C=O) groups is 3. The summed E-state index contributed by atoms with van der Waals surface area (Å²) < 4.78 is 27.6. The molecule has 6 rings (SSSR count). The molecule has 3 fully saturated rings. The number of carboxylic acids is 1. The quantitative estimate of drug-likeness (QED) is 0.205. The second-order valence-electron chi connectivity index (χ2n) is 16.0. The van der Waals surface area contributed by atoms with Gasteiger partial charge in [-0.15, -0.1) is 0 Å². The highest BCUT2D eigenvalue weighted by molar-refractivity contribution is 6.31. The number of carboxylic acid groups (broad SMARTS) is 1. The Hall–Kier alpha value is -3.47. The van der Waals surface area contributed by atoms with E-state index in [2.05, 4.69) is 19.2 Å². The molecule has 0 unspecified atom stereocenters. The highest BCUT2D eigenvalue weighted by Crippen LogP contribution is 2.40. The van der Waals surface area contributed by atoms with Crippen molar-refractivity contribution in [3.63, 3.8) is 0 Å². The predicted octanol–water partition coefficient (Wildman–Crippen LogP) is 8.16. The first-order valence-electron chi connectivity index (χ1n) is 19.4. The van der Waals surface area contributed by atoms with Gasteiger partial charge in [0.25, 0.3) is 0 Å². The van der Waals surface area contributed by atoms with Crippen molar-refractivity contribution in [1.82, 2.24) is 14.8 Å². The van der Waals surface area contributed by atoms with Gasteiger partial charge in [0.15, 0.2) is 0 Å². The maximum absolute atomic E-state index is 14.8. The summed E-state index contributed by atoms with van der Waals surface area (Å²) in [7, 11) is 1.67. The summed E-state index contributed by atoms with van der Waals surface area (Å²) in [4.78, 5) is 42.6. The van der Waals surface area contributed by atoms with E-state index in [-0.39, 0.29) is 35.8 Å². The molecular weight excluding hydrogens is 697 g/mol. The number of nitrogens with zero attached hydrogens (tertiary/aromatic N) is 2. The third kappa shape index (κ3) is 8.60. The molecule has 0 spiro atoms. The van der Waals surface area contributed by atoms with Gasteiger partial charge in [-0.1, -0.05) is 36.7 Å². The topological polar surface area (TPSA) is 110 Å². The van der Waals surface area contributed by atoms with Gasteiger partial charge in [-0.3, -0.25) is 14.2 Å². The van der Waals surface area contributed by atoms with Crippen LogP contribution >= 0.6 is 11.6 Å². The zero-order valence-corrected chi connectivity index (χ0v) is 32.3. The van der Waals surface area contributed by atoms with Crippen LogP contribution in [0, 0.1) is 23.6 Å². The van der Waals surface area contributed by atoms with Crippen molar-refractivity contribution < 1.29 is 33.4 Å². The molecule has 1 aromatic heterocycles. The molecule has 0 bridgehead atoms. The first-order chi connectivity index (χ1) is 25.4. The van der Waals surface area contributed by atoms with Crippen LogP contribution in [0.25, 0.3) is 10.9 Å². The molecule has 3 aliphatic rings. The number of hydrogen-bond donors (Lipinski definition) is 2. The second-order valence-corrected chi connectivity index (χ2v) is 16.4. The molecule has 2 heterocycles. The van der Waals surface area contributed by atoms with Crippen molar-refractivity contribution in [1.29, 1.82) is 0 Å². The van der Waals surface area contributed by atoms with E-state index in [0.29, 0.717) is 80.8 Å². The number of piperidine rings is 1. The lowest BCUT2D eigenvalue weighted by atomic mass is 9.71. The number of methoxy groups -OCH3 is 1. The van der Waals surface area contributed by atoms with E-state index in [1.54, 1.807) is 19.2 Å². The standard InChI is InChI=1S/C42H55ClFN3O6/c1-26(2)53-33-13-5-28(6-14-33)24-35-34-15-10-31(43)25-38(34)47(37(35)17-22-52-4)41(51)46-20-18-42(19-21-46,30-8-11-32(44)12-9-30)40(50)45-36-16-7-29(39(48)49)23-27(36)3/h8-12,15,25-29,33,36H,5-7,13-14,16-24H2,1-4H3,(H,45,50)(H,48,49)/t27-,28?,29-,33?,36-/m0/s1. The summed E-state index contributed by atoms with van der Waals surface area (Å²) in [5.41, 5.74) is 2.62. The molecule has 2 N–H and O–H groups in total. The highest BCUT2D eigenvalue weighted by atomic mass is 35.5. The molecule has 3 aromatic rings. The molecule has 0 radical (unpaired) electrons. The summed E-state index contributed by atoms with van der Waals surface area (Å²) in [6, 6.07) is 11.6. The van der Waals surface area contributed by atoms with Gasteiger partial charge in [0.1, 0.15) is 5.82 Å². The number of fused-ring (bicyclic) bond motifs is 1. The number of hydrogen-bond acceptors (Lipinski definition) is 5. The van der Waals surface area contributed by atoms with E-state index in [9.17, 15) is 23.9 Å². The summed E-state index contributed by atoms with van der Waals surface area (Å²) in [5.74, 6) is -1.27. The average molecular weight is 752 g/mol. The first kappa shape index (κ1) is 39.2. The minimum absolute atomic E-state index is 0.00212. The van der Waals surface area contributed by atoms with Gasteiger partial charge in [-0.2, -0.15) is 0 Å². The number of benzene rings is 2. The Balaban J connectivity index is 1.26. The van der Waals surface area contributed by atoms with Gasteiger partial charge >= 0.3 is 12.0 Å². The molecule has 1 aliphatic heterocycles. The molecule has 288 valence electrons. The summed E-state index contributed by atoms with van der Waals surface area (Å²) in [6.07, 6.45) is 8.41. The highest BCUT2D eigenvalue weighted by Gasteiger charge is 2.46. The Morgan fingerprint density at radius 3 is 2.34 bits per heavy atom. The van der Waals surface area contributed by atoms with E-state index >= 15 is 0 Å². The smallest absolute Gasteiger partial charge is 0.328 e. The molecule has 2 amide bonds. The van der Waals surface area contributed by atoms with E-state index in [0.717, 1.165) is 48.7 Å². The lowest BCUT2D eigenvalue weighted by Gasteiger charge is -2.43. The number of rotatable bonds is 11. The third-order valence-electron chi connectivity index (χ3n) is 12.2. The minimum atomic E-state index is -0.974. The van der Waals surface area contributed by atoms with Crippen molar-refractivity contribution in [3.8, 4) is 0 Å². The molecule has 3 atom stereocenters. The Labute approximate surface area is 317 Å². The maximum Gasteiger partial charge on any atom is 0.328 e. The summed E-state index contributed by atoms with van der Waals surface area (Å²) in [6.45, 7) is 7.26. The molecule has 1 saturated heterocycles. The minimum Gasteiger partial charge on any atom is -0.481 e. The lowest BCUT2D eigenvalue weighted by molar-refractivity contribution is -0.143. The molecule has 53 heavy (non-hydrogen) atoms. The second kappa shape index (κ2) is 16.9. The van der Waals surface area contributed by atoms with Crippen LogP contribution in [-0.4, -0.2) is 77.5 Å². The summed E-state index contributed by atoms with van der Waals surface area (Å²) >= 11 is 6.58. The maximum atomic E-state index is 14.8. The van der Waals surface area contributed by atoms with Crippen molar-refractivity contribution >= 4 is 40.4 Å². The van der Waals surface area contributed by atoms with Gasteiger partial charge in [-0.25, -0.2) is 9.18 Å². The number of nitrogens with one attached hydrogen (secondary N) is 1. The van der Waals surface area contributed by atoms with Crippen LogP contribution in [0.5, 0.6) is 0 Å². The van der Waals surface area contributed by atoms with Crippen molar-refractivity contribution in [2.24, 2.45) is 17.8 Å². The molecule has 2 aliphatic carbocycles. The number of aromatic nitrogens is 1. The fourth-order valence-corrected chi connectivity index (χ4v) is 9.38. The molecular formula is C42H55ClFN3O6. The van der Waals surface area contributed by atoms with Gasteiger partial charge in [0.05, 0.1) is 35.7 Å². The van der Waals surface area contributed by atoms with Crippen LogP contribution in [0.2, 0.25) is 5.02 Å². The van der Waals surface area contributed by atoms with Gasteiger partial charge < -0.3 is 24.8 Å². The third-order valence-corrected chi connectivity index (χ3v) is 12.4. The van der Waals surface area contributed by atoms with Crippen molar-refractivity contribution in [2.75, 3.05) is 26.8 Å². The predicted molar refractivity (Wildman–Crippen MR) is 204 cm³/mol. The number of halogens is 2. The molecule has 2 aromatic carbocycles. The van der Waals surface area contributed by atoms with Crippen molar-refractivity contribution in [2.45, 2.75) is 115 Å². The molecule has 11 heteroatoms. The number of aliphatic carboxylic acids is 1. The average Bonchev–Trinajstić information content (AvgIpc) is 3.43. The molecule has 9 nitrogen and oxygen atoms in total. The number of ether oxygens (including phenoxy) is 2. The zero-order valence-electron chi connectivity index (χ0n) is 31.5. The number of likely N-dealkylation sites (tertiary alicyclic amines) is 1. The summed E-state index contributed by atoms with van der Waals surface area (Å²) in [5, 5.41) is 14.4. The SMILES string of the molecule is COCCc1c(CC2CCC(OC(C)C)CC2)c2ccc(Cl)cc2n1C(=O)N1CCC(C(=O)N[C@H]2CC[C@H](C(=O)O)C[C@@H]2C)(c2ccc(F)cc2)CC1. The van der Waals surface area contributed by atoms with Crippen LogP contribution in [0.3, 0.4) is 0 Å². The normalized spacial score (nSPS) is 24.7. The van der Waals surface area contributed by atoms with Crippen LogP contribution < -0.4 is 5.32 Å². The lowest BCUT2D eigenvalue weighted by Crippen LogP contribution is -2.56. The van der Waals surface area contributed by atoms with Gasteiger partial charge in [0, 0.05) is 48.8 Å². The van der Waals surface area contributed by atoms with E-state index in [4.69, 9.17) is 21.1 Å². The van der Waals surface area contributed by atoms with Crippen LogP contribution in [0.15, 0.2) is 42.5 Å². The Kier molecular flexibility index (Phi) is 12.5. The monoisotopic (exact) mass is 751 g/mol. The van der Waals surface area contributed by atoms with Crippen molar-refractivity contribution in [3.05, 3.63) is 70.1 Å². The Bertz CT molecular complexity index is 1760. The van der Waals surface area contributed by atoms with Crippen LogP contribution in [0.1, 0.15) is 95.4 Å². The first-order valence-corrected chi connectivity index (χ1v) is 19.8. The van der Waals surface area contributed by atoms with E-state index in [1.807, 2.05) is 34.6 Å². The van der Waals surface area contributed by atoms with E-state index in [1.165, 1.54) is 17.7 Å². The Morgan fingerprint density at radius 1 is 1.02 bits per heavy atom.